The molecule has 2 aromatic heterocycles. The van der Waals surface area contributed by atoms with E-state index in [1.165, 1.54) is 5.56 Å². The molecule has 98 valence electrons. The van der Waals surface area contributed by atoms with E-state index in [9.17, 15) is 0 Å². The lowest BCUT2D eigenvalue weighted by Crippen LogP contribution is -2.12. The van der Waals surface area contributed by atoms with Crippen LogP contribution in [0.3, 0.4) is 0 Å². The maximum absolute atomic E-state index is 4.34. The number of nitrogens with zero attached hydrogens (tertiary/aromatic N) is 5. The third-order valence-corrected chi connectivity index (χ3v) is 2.70. The predicted molar refractivity (Wildman–Crippen MR) is 69.0 cm³/mol. The van der Waals surface area contributed by atoms with Crippen molar-refractivity contribution in [3.8, 4) is 0 Å². The summed E-state index contributed by atoms with van der Waals surface area (Å²) in [5, 5.41) is 11.8. The second kappa shape index (κ2) is 6.30. The van der Waals surface area contributed by atoms with E-state index in [1.807, 2.05) is 21.8 Å². The molecule has 0 spiro atoms. The van der Waals surface area contributed by atoms with Crippen LogP contribution in [0.15, 0.2) is 18.7 Å². The normalized spacial score (nSPS) is 11.0. The lowest BCUT2D eigenvalue weighted by atomic mass is 10.3. The molecule has 2 aromatic rings. The van der Waals surface area contributed by atoms with Gasteiger partial charge in [-0.15, -0.1) is 0 Å². The van der Waals surface area contributed by atoms with E-state index < -0.39 is 0 Å². The summed E-state index contributed by atoms with van der Waals surface area (Å²) in [6.45, 7) is 7.63. The Morgan fingerprint density at radius 3 is 2.94 bits per heavy atom. The molecule has 0 saturated heterocycles. The number of aromatic nitrogens is 5. The predicted octanol–water partition coefficient (Wildman–Crippen LogP) is 1.04. The molecule has 0 bridgehead atoms. The smallest absolute Gasteiger partial charge is 0.148 e. The Balaban J connectivity index is 1.99. The molecule has 0 aliphatic carbocycles. The van der Waals surface area contributed by atoms with Crippen LogP contribution in [-0.2, 0) is 19.6 Å². The third-order valence-electron chi connectivity index (χ3n) is 2.70. The van der Waals surface area contributed by atoms with Crippen molar-refractivity contribution in [2.24, 2.45) is 0 Å². The van der Waals surface area contributed by atoms with Crippen molar-refractivity contribution in [2.45, 2.75) is 39.9 Å². The van der Waals surface area contributed by atoms with E-state index in [0.29, 0.717) is 6.54 Å². The van der Waals surface area contributed by atoms with E-state index >= 15 is 0 Å². The molecular formula is C12H20N6. The molecule has 0 amide bonds. The Morgan fingerprint density at radius 1 is 1.28 bits per heavy atom. The highest BCUT2D eigenvalue weighted by molar-refractivity contribution is 5.04. The quantitative estimate of drug-likeness (QED) is 0.795. The molecule has 0 atom stereocenters. The first-order chi connectivity index (χ1) is 8.83. The van der Waals surface area contributed by atoms with Gasteiger partial charge < -0.3 is 5.32 Å². The van der Waals surface area contributed by atoms with Crippen molar-refractivity contribution in [2.75, 3.05) is 6.54 Å². The van der Waals surface area contributed by atoms with Gasteiger partial charge in [-0.3, -0.25) is 4.68 Å². The minimum atomic E-state index is 0.673. The van der Waals surface area contributed by atoms with Gasteiger partial charge in [0, 0.05) is 24.8 Å². The topological polar surface area (TPSA) is 60.6 Å². The Hall–Kier alpha value is -1.69. The molecule has 2 rings (SSSR count). The highest BCUT2D eigenvalue weighted by Crippen LogP contribution is 2.02. The van der Waals surface area contributed by atoms with Crippen LogP contribution in [0, 0.1) is 0 Å². The SMILES string of the molecule is CCCn1ncnc1Cn1cc(CNCC)cn1. The van der Waals surface area contributed by atoms with Crippen molar-refractivity contribution in [1.29, 1.82) is 0 Å². The average molecular weight is 248 g/mol. The number of hydrogen-bond acceptors (Lipinski definition) is 4. The Labute approximate surface area is 107 Å². The Morgan fingerprint density at radius 2 is 2.17 bits per heavy atom. The lowest BCUT2D eigenvalue weighted by molar-refractivity contribution is 0.539. The lowest BCUT2D eigenvalue weighted by Gasteiger charge is -2.04. The van der Waals surface area contributed by atoms with Crippen molar-refractivity contribution < 1.29 is 0 Å². The maximum Gasteiger partial charge on any atom is 0.148 e. The van der Waals surface area contributed by atoms with Crippen LogP contribution in [0.2, 0.25) is 0 Å². The molecular weight excluding hydrogens is 228 g/mol. The zero-order valence-electron chi connectivity index (χ0n) is 11.0. The summed E-state index contributed by atoms with van der Waals surface area (Å²) in [6.07, 6.45) is 6.60. The van der Waals surface area contributed by atoms with Crippen LogP contribution < -0.4 is 5.32 Å². The molecule has 0 radical (unpaired) electrons. The van der Waals surface area contributed by atoms with E-state index in [-0.39, 0.29) is 0 Å². The highest BCUT2D eigenvalue weighted by Gasteiger charge is 2.05. The number of aryl methyl sites for hydroxylation is 1. The number of rotatable bonds is 7. The zero-order chi connectivity index (χ0) is 12.8. The summed E-state index contributed by atoms with van der Waals surface area (Å²) in [5.74, 6) is 0.954. The fourth-order valence-electron chi connectivity index (χ4n) is 1.81. The third kappa shape index (κ3) is 3.16. The van der Waals surface area contributed by atoms with Crippen molar-refractivity contribution in [1.82, 2.24) is 29.9 Å². The molecule has 2 heterocycles. The number of nitrogens with one attached hydrogen (secondary N) is 1. The summed E-state index contributed by atoms with van der Waals surface area (Å²) in [6, 6.07) is 0. The second-order valence-corrected chi connectivity index (χ2v) is 4.23. The summed E-state index contributed by atoms with van der Waals surface area (Å²) in [4.78, 5) is 4.28. The van der Waals surface area contributed by atoms with Crippen LogP contribution in [-0.4, -0.2) is 31.1 Å². The van der Waals surface area contributed by atoms with Gasteiger partial charge in [0.15, 0.2) is 0 Å². The molecule has 0 fully saturated rings. The van der Waals surface area contributed by atoms with E-state index in [2.05, 4.69) is 34.3 Å². The summed E-state index contributed by atoms with van der Waals surface area (Å²) in [7, 11) is 0. The molecule has 18 heavy (non-hydrogen) atoms. The van der Waals surface area contributed by atoms with Gasteiger partial charge in [0.1, 0.15) is 18.7 Å². The maximum atomic E-state index is 4.34. The molecule has 0 saturated carbocycles. The van der Waals surface area contributed by atoms with E-state index in [0.717, 1.165) is 31.9 Å². The molecule has 6 nitrogen and oxygen atoms in total. The summed E-state index contributed by atoms with van der Waals surface area (Å²) in [5.41, 5.74) is 1.19. The Bertz CT molecular complexity index is 472. The van der Waals surface area contributed by atoms with Crippen LogP contribution in [0.25, 0.3) is 0 Å². The first-order valence-corrected chi connectivity index (χ1v) is 6.42. The molecule has 6 heteroatoms. The molecule has 0 aromatic carbocycles. The van der Waals surface area contributed by atoms with E-state index in [4.69, 9.17) is 0 Å². The minimum Gasteiger partial charge on any atom is -0.313 e. The van der Waals surface area contributed by atoms with Gasteiger partial charge in [0.2, 0.25) is 0 Å². The fourth-order valence-corrected chi connectivity index (χ4v) is 1.81. The zero-order valence-corrected chi connectivity index (χ0v) is 11.0. The van der Waals surface area contributed by atoms with Crippen LogP contribution in [0.1, 0.15) is 31.7 Å². The number of hydrogen-bond donors (Lipinski definition) is 1. The molecule has 1 N–H and O–H groups in total. The minimum absolute atomic E-state index is 0.673. The van der Waals surface area contributed by atoms with Crippen molar-refractivity contribution in [3.05, 3.63) is 30.1 Å². The summed E-state index contributed by atoms with van der Waals surface area (Å²) < 4.78 is 3.84. The second-order valence-electron chi connectivity index (χ2n) is 4.23. The van der Waals surface area contributed by atoms with Gasteiger partial charge in [-0.2, -0.15) is 10.2 Å². The fraction of sp³-hybridized carbons (Fsp3) is 0.583. The van der Waals surface area contributed by atoms with Gasteiger partial charge >= 0.3 is 0 Å². The molecule has 0 unspecified atom stereocenters. The van der Waals surface area contributed by atoms with E-state index in [1.54, 1.807) is 6.33 Å². The van der Waals surface area contributed by atoms with Gasteiger partial charge in [0.25, 0.3) is 0 Å². The van der Waals surface area contributed by atoms with Gasteiger partial charge in [-0.1, -0.05) is 13.8 Å². The van der Waals surface area contributed by atoms with Gasteiger partial charge in [-0.25, -0.2) is 9.67 Å². The van der Waals surface area contributed by atoms with Crippen LogP contribution in [0.5, 0.6) is 0 Å². The van der Waals surface area contributed by atoms with Gasteiger partial charge in [-0.05, 0) is 13.0 Å². The monoisotopic (exact) mass is 248 g/mol. The van der Waals surface area contributed by atoms with Crippen molar-refractivity contribution in [3.63, 3.8) is 0 Å². The molecule has 0 aliphatic rings. The van der Waals surface area contributed by atoms with Crippen molar-refractivity contribution >= 4 is 0 Å². The summed E-state index contributed by atoms with van der Waals surface area (Å²) >= 11 is 0. The Kier molecular flexibility index (Phi) is 4.46. The largest absolute Gasteiger partial charge is 0.313 e. The first-order valence-electron chi connectivity index (χ1n) is 6.42. The highest BCUT2D eigenvalue weighted by atomic mass is 15.4. The van der Waals surface area contributed by atoms with Crippen LogP contribution in [0.4, 0.5) is 0 Å². The standard InChI is InChI=1S/C12H20N6/c1-3-5-18-12(14-10-16-18)9-17-8-11(7-15-17)6-13-4-2/h7-8,10,13H,3-6,9H2,1-2H3. The molecule has 0 aliphatic heterocycles. The van der Waals surface area contributed by atoms with Crippen LogP contribution >= 0.6 is 0 Å². The first kappa shape index (κ1) is 12.8. The average Bonchev–Trinajstić information content (AvgIpc) is 2.98. The van der Waals surface area contributed by atoms with Gasteiger partial charge in [0.05, 0.1) is 6.20 Å².